The SMILES string of the molecule is CCC(=O)NC1CCN([C@@H](C)c2nc(C)no2)CC1. The van der Waals surface area contributed by atoms with E-state index in [0.717, 1.165) is 25.9 Å². The van der Waals surface area contributed by atoms with Gasteiger partial charge in [0, 0.05) is 25.6 Å². The van der Waals surface area contributed by atoms with E-state index in [1.165, 1.54) is 0 Å². The molecule has 1 atom stereocenters. The number of hydrogen-bond donors (Lipinski definition) is 1. The number of aryl methyl sites for hydroxylation is 1. The summed E-state index contributed by atoms with van der Waals surface area (Å²) in [6.45, 7) is 7.67. The molecule has 106 valence electrons. The van der Waals surface area contributed by atoms with Crippen LogP contribution in [0, 0.1) is 6.92 Å². The molecular weight excluding hydrogens is 244 g/mol. The van der Waals surface area contributed by atoms with Gasteiger partial charge < -0.3 is 9.84 Å². The molecule has 2 rings (SSSR count). The zero-order valence-electron chi connectivity index (χ0n) is 11.8. The number of carbonyl (C=O) groups is 1. The second kappa shape index (κ2) is 6.14. The van der Waals surface area contributed by atoms with Crippen molar-refractivity contribution in [3.05, 3.63) is 11.7 Å². The summed E-state index contributed by atoms with van der Waals surface area (Å²) >= 11 is 0. The zero-order valence-corrected chi connectivity index (χ0v) is 11.8. The van der Waals surface area contributed by atoms with Gasteiger partial charge in [0.2, 0.25) is 11.8 Å². The Morgan fingerprint density at radius 2 is 2.21 bits per heavy atom. The Hall–Kier alpha value is -1.43. The minimum absolute atomic E-state index is 0.138. The van der Waals surface area contributed by atoms with Gasteiger partial charge >= 0.3 is 0 Å². The van der Waals surface area contributed by atoms with E-state index < -0.39 is 0 Å². The standard InChI is InChI=1S/C13H22N4O2/c1-4-12(18)15-11-5-7-17(8-6-11)9(2)13-14-10(3)16-19-13/h9,11H,4-8H2,1-3H3,(H,15,18)/t9-/m0/s1. The second-order valence-corrected chi connectivity index (χ2v) is 5.09. The lowest BCUT2D eigenvalue weighted by Crippen LogP contribution is -2.45. The smallest absolute Gasteiger partial charge is 0.243 e. The minimum Gasteiger partial charge on any atom is -0.353 e. The molecule has 19 heavy (non-hydrogen) atoms. The molecule has 6 nitrogen and oxygen atoms in total. The molecule has 0 unspecified atom stereocenters. The van der Waals surface area contributed by atoms with Gasteiger partial charge in [-0.3, -0.25) is 9.69 Å². The highest BCUT2D eigenvalue weighted by molar-refractivity contribution is 5.75. The predicted octanol–water partition coefficient (Wildman–Crippen LogP) is 1.43. The van der Waals surface area contributed by atoms with Gasteiger partial charge in [0.25, 0.3) is 0 Å². The zero-order chi connectivity index (χ0) is 13.8. The van der Waals surface area contributed by atoms with E-state index in [1.807, 2.05) is 13.8 Å². The third kappa shape index (κ3) is 3.53. The van der Waals surface area contributed by atoms with Crippen molar-refractivity contribution in [3.8, 4) is 0 Å². The molecule has 1 amide bonds. The fourth-order valence-corrected chi connectivity index (χ4v) is 2.40. The summed E-state index contributed by atoms with van der Waals surface area (Å²) in [5, 5.41) is 6.88. The Morgan fingerprint density at radius 1 is 1.53 bits per heavy atom. The molecule has 1 aromatic heterocycles. The minimum atomic E-state index is 0.138. The van der Waals surface area contributed by atoms with Crippen LogP contribution in [0.4, 0.5) is 0 Å². The topological polar surface area (TPSA) is 71.3 Å². The van der Waals surface area contributed by atoms with Crippen LogP contribution in [0.2, 0.25) is 0 Å². The van der Waals surface area contributed by atoms with E-state index >= 15 is 0 Å². The molecule has 6 heteroatoms. The first-order valence-electron chi connectivity index (χ1n) is 6.93. The summed E-state index contributed by atoms with van der Waals surface area (Å²) in [6, 6.07) is 0.448. The Bertz CT molecular complexity index is 424. The van der Waals surface area contributed by atoms with Crippen LogP contribution in [0.5, 0.6) is 0 Å². The summed E-state index contributed by atoms with van der Waals surface area (Å²) in [6.07, 6.45) is 2.50. The van der Waals surface area contributed by atoms with Crippen molar-refractivity contribution in [3.63, 3.8) is 0 Å². The summed E-state index contributed by atoms with van der Waals surface area (Å²) in [5.41, 5.74) is 0. The molecule has 0 bridgehead atoms. The van der Waals surface area contributed by atoms with Crippen molar-refractivity contribution in [2.75, 3.05) is 13.1 Å². The van der Waals surface area contributed by atoms with Crippen LogP contribution in [0.1, 0.15) is 50.9 Å². The number of rotatable bonds is 4. The van der Waals surface area contributed by atoms with Crippen LogP contribution in [0.25, 0.3) is 0 Å². The van der Waals surface area contributed by atoms with E-state index in [9.17, 15) is 4.79 Å². The molecule has 0 saturated carbocycles. The number of nitrogens with one attached hydrogen (secondary N) is 1. The number of hydrogen-bond acceptors (Lipinski definition) is 5. The monoisotopic (exact) mass is 266 g/mol. The van der Waals surface area contributed by atoms with Crippen LogP contribution in [-0.4, -0.2) is 40.1 Å². The highest BCUT2D eigenvalue weighted by Crippen LogP contribution is 2.22. The average molecular weight is 266 g/mol. The highest BCUT2D eigenvalue weighted by Gasteiger charge is 2.26. The first-order valence-corrected chi connectivity index (χ1v) is 6.93. The average Bonchev–Trinajstić information content (AvgIpc) is 2.85. The third-order valence-electron chi connectivity index (χ3n) is 3.66. The van der Waals surface area contributed by atoms with E-state index in [2.05, 4.69) is 27.3 Å². The van der Waals surface area contributed by atoms with Crippen molar-refractivity contribution >= 4 is 5.91 Å². The normalized spacial score (nSPS) is 19.3. The summed E-state index contributed by atoms with van der Waals surface area (Å²) in [7, 11) is 0. The molecule has 0 aliphatic carbocycles. The van der Waals surface area contributed by atoms with Crippen molar-refractivity contribution in [2.45, 2.75) is 52.1 Å². The van der Waals surface area contributed by atoms with E-state index in [1.54, 1.807) is 0 Å². The van der Waals surface area contributed by atoms with Gasteiger partial charge in [-0.05, 0) is 26.7 Å². The van der Waals surface area contributed by atoms with Gasteiger partial charge in [0.1, 0.15) is 0 Å². The lowest BCUT2D eigenvalue weighted by atomic mass is 10.0. The van der Waals surface area contributed by atoms with Gasteiger partial charge in [0.05, 0.1) is 6.04 Å². The molecule has 1 saturated heterocycles. The fraction of sp³-hybridized carbons (Fsp3) is 0.769. The summed E-state index contributed by atoms with van der Waals surface area (Å²) < 4.78 is 5.22. The molecule has 1 aliphatic heterocycles. The Balaban J connectivity index is 1.84. The van der Waals surface area contributed by atoms with Crippen molar-refractivity contribution in [1.82, 2.24) is 20.4 Å². The Labute approximate surface area is 113 Å². The molecular formula is C13H22N4O2. The molecule has 0 spiro atoms. The third-order valence-corrected chi connectivity index (χ3v) is 3.66. The molecule has 0 aromatic carbocycles. The van der Waals surface area contributed by atoms with Gasteiger partial charge in [-0.25, -0.2) is 0 Å². The highest BCUT2D eigenvalue weighted by atomic mass is 16.5. The predicted molar refractivity (Wildman–Crippen MR) is 70.5 cm³/mol. The molecule has 1 N–H and O–H groups in total. The Morgan fingerprint density at radius 3 is 2.74 bits per heavy atom. The molecule has 0 radical (unpaired) electrons. The molecule has 1 aliphatic rings. The molecule has 2 heterocycles. The van der Waals surface area contributed by atoms with Crippen molar-refractivity contribution < 1.29 is 9.32 Å². The Kier molecular flexibility index (Phi) is 4.52. The lowest BCUT2D eigenvalue weighted by Gasteiger charge is -2.34. The first kappa shape index (κ1) is 14.0. The van der Waals surface area contributed by atoms with Crippen LogP contribution < -0.4 is 5.32 Å². The quantitative estimate of drug-likeness (QED) is 0.892. The maximum Gasteiger partial charge on any atom is 0.243 e. The van der Waals surface area contributed by atoms with Crippen molar-refractivity contribution in [2.24, 2.45) is 0 Å². The summed E-state index contributed by atoms with van der Waals surface area (Å²) in [4.78, 5) is 18.0. The van der Waals surface area contributed by atoms with E-state index in [0.29, 0.717) is 24.2 Å². The number of carbonyl (C=O) groups excluding carboxylic acids is 1. The largest absolute Gasteiger partial charge is 0.353 e. The maximum atomic E-state index is 11.4. The van der Waals surface area contributed by atoms with Crippen molar-refractivity contribution in [1.29, 1.82) is 0 Å². The van der Waals surface area contributed by atoms with E-state index in [-0.39, 0.29) is 11.9 Å². The number of likely N-dealkylation sites (tertiary alicyclic amines) is 1. The molecule has 1 aromatic rings. The summed E-state index contributed by atoms with van der Waals surface area (Å²) in [5.74, 6) is 1.49. The number of nitrogens with zero attached hydrogens (tertiary/aromatic N) is 3. The van der Waals surface area contributed by atoms with Gasteiger partial charge in [-0.2, -0.15) is 4.98 Å². The number of amides is 1. The van der Waals surface area contributed by atoms with Gasteiger partial charge in [0.15, 0.2) is 5.82 Å². The fourth-order valence-electron chi connectivity index (χ4n) is 2.40. The van der Waals surface area contributed by atoms with Crippen LogP contribution in [-0.2, 0) is 4.79 Å². The van der Waals surface area contributed by atoms with Crippen LogP contribution in [0.15, 0.2) is 4.52 Å². The lowest BCUT2D eigenvalue weighted by molar-refractivity contribution is -0.121. The van der Waals surface area contributed by atoms with Crippen LogP contribution >= 0.6 is 0 Å². The van der Waals surface area contributed by atoms with Gasteiger partial charge in [-0.15, -0.1) is 0 Å². The van der Waals surface area contributed by atoms with Crippen LogP contribution in [0.3, 0.4) is 0 Å². The first-order chi connectivity index (χ1) is 9.10. The molecule has 1 fully saturated rings. The number of piperidine rings is 1. The van der Waals surface area contributed by atoms with Gasteiger partial charge in [-0.1, -0.05) is 12.1 Å². The second-order valence-electron chi connectivity index (χ2n) is 5.09. The van der Waals surface area contributed by atoms with E-state index in [4.69, 9.17) is 4.52 Å². The maximum absolute atomic E-state index is 11.4. The number of aromatic nitrogens is 2.